The first-order chi connectivity index (χ1) is 10.6. The number of aryl methyl sites for hydroxylation is 2. The van der Waals surface area contributed by atoms with Crippen LogP contribution in [-0.2, 0) is 9.59 Å². The lowest BCUT2D eigenvalue weighted by Gasteiger charge is -2.18. The van der Waals surface area contributed by atoms with Crippen molar-refractivity contribution < 1.29 is 9.59 Å². The first kappa shape index (κ1) is 14.3. The van der Waals surface area contributed by atoms with Crippen LogP contribution >= 0.6 is 0 Å². The SMILES string of the molecule is Cc1cccc(C)c1N[C@@H]1CC(=O)N(c2ccccc2)C1=O. The second-order valence-corrected chi connectivity index (χ2v) is 5.57. The van der Waals surface area contributed by atoms with Gasteiger partial charge in [0.15, 0.2) is 0 Å². The number of carbonyl (C=O) groups is 2. The van der Waals surface area contributed by atoms with Crippen LogP contribution in [0.15, 0.2) is 48.5 Å². The molecule has 2 aromatic rings. The van der Waals surface area contributed by atoms with Crippen LogP contribution in [0.25, 0.3) is 0 Å². The van der Waals surface area contributed by atoms with Gasteiger partial charge in [0.2, 0.25) is 5.91 Å². The molecule has 0 spiro atoms. The molecule has 0 aromatic heterocycles. The molecule has 4 heteroatoms. The standard InChI is InChI=1S/C18H18N2O2/c1-12-7-6-8-13(2)17(12)19-15-11-16(21)20(18(15)22)14-9-4-3-5-10-14/h3-10,15,19H,11H2,1-2H3/t15-/m1/s1. The highest BCUT2D eigenvalue weighted by atomic mass is 16.2. The van der Waals surface area contributed by atoms with Gasteiger partial charge in [-0.25, -0.2) is 4.90 Å². The van der Waals surface area contributed by atoms with E-state index >= 15 is 0 Å². The molecule has 22 heavy (non-hydrogen) atoms. The Morgan fingerprint density at radius 1 is 0.955 bits per heavy atom. The molecule has 3 rings (SSSR count). The number of carbonyl (C=O) groups excluding carboxylic acids is 2. The topological polar surface area (TPSA) is 49.4 Å². The maximum absolute atomic E-state index is 12.6. The molecule has 0 unspecified atom stereocenters. The monoisotopic (exact) mass is 294 g/mol. The van der Waals surface area contributed by atoms with Gasteiger partial charge in [-0.2, -0.15) is 0 Å². The van der Waals surface area contributed by atoms with Gasteiger partial charge in [0.25, 0.3) is 5.91 Å². The molecule has 0 saturated carbocycles. The predicted octanol–water partition coefficient (Wildman–Crippen LogP) is 3.05. The van der Waals surface area contributed by atoms with Crippen molar-refractivity contribution in [2.24, 2.45) is 0 Å². The summed E-state index contributed by atoms with van der Waals surface area (Å²) in [6.07, 6.45) is 0.182. The van der Waals surface area contributed by atoms with Gasteiger partial charge >= 0.3 is 0 Å². The van der Waals surface area contributed by atoms with E-state index in [2.05, 4.69) is 5.32 Å². The summed E-state index contributed by atoms with van der Waals surface area (Å²) in [6, 6.07) is 14.5. The number of imide groups is 1. The van der Waals surface area contributed by atoms with Crippen molar-refractivity contribution in [3.8, 4) is 0 Å². The Hall–Kier alpha value is -2.62. The molecule has 1 saturated heterocycles. The van der Waals surface area contributed by atoms with Crippen molar-refractivity contribution in [1.29, 1.82) is 0 Å². The molecule has 1 fully saturated rings. The molecule has 0 radical (unpaired) electrons. The van der Waals surface area contributed by atoms with Crippen LogP contribution in [0.4, 0.5) is 11.4 Å². The smallest absolute Gasteiger partial charge is 0.256 e. The highest BCUT2D eigenvalue weighted by Crippen LogP contribution is 2.27. The third-order valence-corrected chi connectivity index (χ3v) is 3.96. The second kappa shape index (κ2) is 5.64. The summed E-state index contributed by atoms with van der Waals surface area (Å²) in [5, 5.41) is 3.25. The Balaban J connectivity index is 1.86. The highest BCUT2D eigenvalue weighted by Gasteiger charge is 2.39. The van der Waals surface area contributed by atoms with Crippen molar-refractivity contribution in [2.45, 2.75) is 26.3 Å². The lowest BCUT2D eigenvalue weighted by molar-refractivity contribution is -0.121. The molecule has 1 N–H and O–H groups in total. The van der Waals surface area contributed by atoms with Crippen LogP contribution in [0.5, 0.6) is 0 Å². The molecule has 0 bridgehead atoms. The molecule has 1 heterocycles. The van der Waals surface area contributed by atoms with Crippen molar-refractivity contribution in [3.63, 3.8) is 0 Å². The minimum absolute atomic E-state index is 0.167. The van der Waals surface area contributed by atoms with E-state index in [1.165, 1.54) is 4.90 Å². The normalized spacial score (nSPS) is 17.9. The van der Waals surface area contributed by atoms with Crippen molar-refractivity contribution in [1.82, 2.24) is 0 Å². The lowest BCUT2D eigenvalue weighted by atomic mass is 10.1. The fourth-order valence-corrected chi connectivity index (χ4v) is 2.81. The van der Waals surface area contributed by atoms with E-state index in [0.29, 0.717) is 5.69 Å². The third-order valence-electron chi connectivity index (χ3n) is 3.96. The van der Waals surface area contributed by atoms with Gasteiger partial charge in [-0.3, -0.25) is 9.59 Å². The molecule has 2 aromatic carbocycles. The van der Waals surface area contributed by atoms with Crippen LogP contribution in [0, 0.1) is 13.8 Å². The number of anilines is 2. The van der Waals surface area contributed by atoms with E-state index in [4.69, 9.17) is 0 Å². The van der Waals surface area contributed by atoms with E-state index in [-0.39, 0.29) is 18.2 Å². The second-order valence-electron chi connectivity index (χ2n) is 5.57. The number of nitrogens with zero attached hydrogens (tertiary/aromatic N) is 1. The molecular formula is C18H18N2O2. The first-order valence-corrected chi connectivity index (χ1v) is 7.32. The zero-order valence-electron chi connectivity index (χ0n) is 12.7. The van der Waals surface area contributed by atoms with Crippen LogP contribution in [0.1, 0.15) is 17.5 Å². The maximum Gasteiger partial charge on any atom is 0.256 e. The van der Waals surface area contributed by atoms with Gasteiger partial charge < -0.3 is 5.32 Å². The highest BCUT2D eigenvalue weighted by molar-refractivity contribution is 6.23. The molecule has 1 atom stereocenters. The third kappa shape index (κ3) is 2.48. The van der Waals surface area contributed by atoms with Crippen molar-refractivity contribution in [3.05, 3.63) is 59.7 Å². The molecule has 1 aliphatic rings. The summed E-state index contributed by atoms with van der Waals surface area (Å²) >= 11 is 0. The summed E-state index contributed by atoms with van der Waals surface area (Å²) in [5.41, 5.74) is 3.70. The van der Waals surface area contributed by atoms with Crippen LogP contribution < -0.4 is 10.2 Å². The van der Waals surface area contributed by atoms with Crippen molar-refractivity contribution >= 4 is 23.2 Å². The summed E-state index contributed by atoms with van der Waals surface area (Å²) in [5.74, 6) is -0.362. The summed E-state index contributed by atoms with van der Waals surface area (Å²) < 4.78 is 0. The predicted molar refractivity (Wildman–Crippen MR) is 86.9 cm³/mol. The molecular weight excluding hydrogens is 276 g/mol. The summed E-state index contributed by atoms with van der Waals surface area (Å²) in [7, 11) is 0. The quantitative estimate of drug-likeness (QED) is 0.885. The molecule has 4 nitrogen and oxygen atoms in total. The van der Waals surface area contributed by atoms with Crippen molar-refractivity contribution in [2.75, 3.05) is 10.2 Å². The minimum Gasteiger partial charge on any atom is -0.373 e. The zero-order chi connectivity index (χ0) is 15.7. The molecule has 2 amide bonds. The number of amides is 2. The minimum atomic E-state index is -0.507. The van der Waals surface area contributed by atoms with Crippen LogP contribution in [-0.4, -0.2) is 17.9 Å². The average molecular weight is 294 g/mol. The Morgan fingerprint density at radius 2 is 1.59 bits per heavy atom. The fraction of sp³-hybridized carbons (Fsp3) is 0.222. The molecule has 112 valence electrons. The first-order valence-electron chi connectivity index (χ1n) is 7.32. The van der Waals surface area contributed by atoms with E-state index in [9.17, 15) is 9.59 Å². The van der Waals surface area contributed by atoms with E-state index in [0.717, 1.165) is 16.8 Å². The Morgan fingerprint density at radius 3 is 2.23 bits per heavy atom. The Bertz CT molecular complexity index is 705. The average Bonchev–Trinajstić information content (AvgIpc) is 2.78. The zero-order valence-corrected chi connectivity index (χ0v) is 12.7. The van der Waals surface area contributed by atoms with Gasteiger partial charge in [0.1, 0.15) is 6.04 Å². The van der Waals surface area contributed by atoms with Gasteiger partial charge in [-0.1, -0.05) is 36.4 Å². The van der Waals surface area contributed by atoms with Crippen LogP contribution in [0.2, 0.25) is 0 Å². The number of hydrogen-bond donors (Lipinski definition) is 1. The number of benzene rings is 2. The van der Waals surface area contributed by atoms with Gasteiger partial charge in [0.05, 0.1) is 12.1 Å². The van der Waals surface area contributed by atoms with E-state index in [1.807, 2.05) is 50.2 Å². The molecule has 0 aliphatic carbocycles. The van der Waals surface area contributed by atoms with E-state index < -0.39 is 6.04 Å². The fourth-order valence-electron chi connectivity index (χ4n) is 2.81. The van der Waals surface area contributed by atoms with E-state index in [1.54, 1.807) is 12.1 Å². The Labute approximate surface area is 129 Å². The number of para-hydroxylation sites is 2. The largest absolute Gasteiger partial charge is 0.373 e. The Kier molecular flexibility index (Phi) is 3.67. The summed E-state index contributed by atoms with van der Waals surface area (Å²) in [4.78, 5) is 26.1. The lowest BCUT2D eigenvalue weighted by Crippen LogP contribution is -2.35. The number of hydrogen-bond acceptors (Lipinski definition) is 3. The number of rotatable bonds is 3. The van der Waals surface area contributed by atoms with Crippen LogP contribution in [0.3, 0.4) is 0 Å². The van der Waals surface area contributed by atoms with Gasteiger partial charge in [0, 0.05) is 5.69 Å². The molecule has 1 aliphatic heterocycles. The number of nitrogens with one attached hydrogen (secondary N) is 1. The van der Waals surface area contributed by atoms with Gasteiger partial charge in [-0.15, -0.1) is 0 Å². The van der Waals surface area contributed by atoms with Gasteiger partial charge in [-0.05, 0) is 37.1 Å². The summed E-state index contributed by atoms with van der Waals surface area (Å²) in [6.45, 7) is 3.98. The maximum atomic E-state index is 12.6.